The standard InChI is InChI=1S/C14H13N3O2/c15-17(13(18)11-7-3-1-4-8-11)14(19)16-12-9-5-2-6-10-12/h1-10H,15H2,(H,16,19). The average molecular weight is 255 g/mol. The fourth-order valence-corrected chi connectivity index (χ4v) is 1.52. The third-order valence-electron chi connectivity index (χ3n) is 2.48. The molecule has 5 heteroatoms. The van der Waals surface area contributed by atoms with E-state index in [1.807, 2.05) is 6.07 Å². The van der Waals surface area contributed by atoms with E-state index >= 15 is 0 Å². The second kappa shape index (κ2) is 5.79. The molecule has 0 heterocycles. The molecule has 0 unspecified atom stereocenters. The van der Waals surface area contributed by atoms with E-state index in [-0.39, 0.29) is 0 Å². The van der Waals surface area contributed by atoms with E-state index in [1.54, 1.807) is 54.6 Å². The Morgan fingerprint density at radius 1 is 0.895 bits per heavy atom. The van der Waals surface area contributed by atoms with Gasteiger partial charge < -0.3 is 5.32 Å². The highest BCUT2D eigenvalue weighted by molar-refractivity contribution is 6.07. The molecule has 0 aromatic heterocycles. The molecule has 2 aromatic carbocycles. The van der Waals surface area contributed by atoms with E-state index in [9.17, 15) is 9.59 Å². The summed E-state index contributed by atoms with van der Waals surface area (Å²) in [6.07, 6.45) is 0. The monoisotopic (exact) mass is 255 g/mol. The molecule has 0 aliphatic heterocycles. The summed E-state index contributed by atoms with van der Waals surface area (Å²) < 4.78 is 0. The van der Waals surface area contributed by atoms with Gasteiger partial charge >= 0.3 is 6.03 Å². The topological polar surface area (TPSA) is 75.4 Å². The maximum absolute atomic E-state index is 11.9. The van der Waals surface area contributed by atoms with Crippen LogP contribution in [0.4, 0.5) is 10.5 Å². The molecule has 96 valence electrons. The van der Waals surface area contributed by atoms with Gasteiger partial charge in [-0.25, -0.2) is 10.6 Å². The van der Waals surface area contributed by atoms with E-state index in [0.717, 1.165) is 0 Å². The molecule has 0 aliphatic rings. The number of anilines is 1. The Labute approximate surface area is 110 Å². The molecule has 2 rings (SSSR count). The van der Waals surface area contributed by atoms with E-state index < -0.39 is 11.9 Å². The van der Waals surface area contributed by atoms with Crippen molar-refractivity contribution < 1.29 is 9.59 Å². The van der Waals surface area contributed by atoms with Gasteiger partial charge in [-0.3, -0.25) is 4.79 Å². The van der Waals surface area contributed by atoms with Crippen LogP contribution in [-0.4, -0.2) is 16.9 Å². The number of imide groups is 1. The van der Waals surface area contributed by atoms with Crippen LogP contribution in [0.15, 0.2) is 60.7 Å². The van der Waals surface area contributed by atoms with E-state index in [2.05, 4.69) is 5.32 Å². The first-order valence-corrected chi connectivity index (χ1v) is 5.69. The van der Waals surface area contributed by atoms with Crippen molar-refractivity contribution in [3.05, 3.63) is 66.2 Å². The summed E-state index contributed by atoms with van der Waals surface area (Å²) in [5.74, 6) is 4.95. The molecule has 0 aliphatic carbocycles. The number of hydrazine groups is 1. The summed E-state index contributed by atoms with van der Waals surface area (Å²) in [7, 11) is 0. The molecule has 0 bridgehead atoms. The highest BCUT2D eigenvalue weighted by Gasteiger charge is 2.19. The molecule has 0 radical (unpaired) electrons. The predicted molar refractivity (Wildman–Crippen MR) is 72.3 cm³/mol. The largest absolute Gasteiger partial charge is 0.343 e. The van der Waals surface area contributed by atoms with Crippen molar-refractivity contribution >= 4 is 17.6 Å². The fourth-order valence-electron chi connectivity index (χ4n) is 1.52. The van der Waals surface area contributed by atoms with Crippen LogP contribution in [0, 0.1) is 0 Å². The number of hydrogen-bond donors (Lipinski definition) is 2. The molecule has 5 nitrogen and oxygen atoms in total. The van der Waals surface area contributed by atoms with Gasteiger partial charge in [0.05, 0.1) is 0 Å². The number of carbonyl (C=O) groups is 2. The number of amides is 3. The van der Waals surface area contributed by atoms with Crippen molar-refractivity contribution in [2.24, 2.45) is 5.84 Å². The van der Waals surface area contributed by atoms with Crippen molar-refractivity contribution in [1.29, 1.82) is 0 Å². The molecule has 0 spiro atoms. The van der Waals surface area contributed by atoms with Gasteiger partial charge in [-0.15, -0.1) is 0 Å². The van der Waals surface area contributed by atoms with Gasteiger partial charge in [0.25, 0.3) is 5.91 Å². The summed E-state index contributed by atoms with van der Waals surface area (Å²) in [6.45, 7) is 0. The zero-order chi connectivity index (χ0) is 13.7. The highest BCUT2D eigenvalue weighted by Crippen LogP contribution is 2.07. The predicted octanol–water partition coefficient (Wildman–Crippen LogP) is 2.23. The van der Waals surface area contributed by atoms with Crippen molar-refractivity contribution in [3.8, 4) is 0 Å². The Morgan fingerprint density at radius 3 is 2.00 bits per heavy atom. The number of urea groups is 1. The van der Waals surface area contributed by atoms with Crippen LogP contribution in [0.3, 0.4) is 0 Å². The van der Waals surface area contributed by atoms with Crippen molar-refractivity contribution in [2.45, 2.75) is 0 Å². The SMILES string of the molecule is NN(C(=O)Nc1ccccc1)C(=O)c1ccccc1. The minimum Gasteiger partial charge on any atom is -0.306 e. The number of hydrogen-bond acceptors (Lipinski definition) is 3. The molecular weight excluding hydrogens is 242 g/mol. The zero-order valence-electron chi connectivity index (χ0n) is 10.1. The second-order valence-electron chi connectivity index (χ2n) is 3.84. The van der Waals surface area contributed by atoms with Gasteiger partial charge in [-0.2, -0.15) is 5.01 Å². The number of para-hydroxylation sites is 1. The van der Waals surface area contributed by atoms with Crippen LogP contribution in [0.25, 0.3) is 0 Å². The van der Waals surface area contributed by atoms with Crippen LogP contribution >= 0.6 is 0 Å². The Kier molecular flexibility index (Phi) is 3.90. The second-order valence-corrected chi connectivity index (χ2v) is 3.84. The van der Waals surface area contributed by atoms with Gasteiger partial charge in [0.2, 0.25) is 0 Å². The van der Waals surface area contributed by atoms with E-state index in [0.29, 0.717) is 16.3 Å². The van der Waals surface area contributed by atoms with Crippen molar-refractivity contribution in [3.63, 3.8) is 0 Å². The van der Waals surface area contributed by atoms with Gasteiger partial charge in [0.15, 0.2) is 0 Å². The number of carbonyl (C=O) groups excluding carboxylic acids is 2. The lowest BCUT2D eigenvalue weighted by Gasteiger charge is -2.15. The van der Waals surface area contributed by atoms with Crippen LogP contribution in [0.1, 0.15) is 10.4 Å². The van der Waals surface area contributed by atoms with E-state index in [1.165, 1.54) is 0 Å². The minimum absolute atomic E-state index is 0.355. The number of benzene rings is 2. The molecule has 0 fully saturated rings. The van der Waals surface area contributed by atoms with Gasteiger partial charge in [0.1, 0.15) is 0 Å². The van der Waals surface area contributed by atoms with Gasteiger partial charge in [-0.05, 0) is 24.3 Å². The molecule has 2 aromatic rings. The molecule has 0 atom stereocenters. The summed E-state index contributed by atoms with van der Waals surface area (Å²) >= 11 is 0. The number of nitrogens with zero attached hydrogens (tertiary/aromatic N) is 1. The van der Waals surface area contributed by atoms with Crippen LogP contribution in [-0.2, 0) is 0 Å². The summed E-state index contributed by atoms with van der Waals surface area (Å²) in [5, 5.41) is 3.09. The Morgan fingerprint density at radius 2 is 1.42 bits per heavy atom. The minimum atomic E-state index is -0.681. The van der Waals surface area contributed by atoms with Crippen LogP contribution in [0.5, 0.6) is 0 Å². The number of nitrogens with one attached hydrogen (secondary N) is 1. The summed E-state index contributed by atoms with van der Waals surface area (Å²) in [6, 6.07) is 16.5. The Balaban J connectivity index is 2.06. The first kappa shape index (κ1) is 12.8. The molecule has 3 N–H and O–H groups in total. The molecule has 0 saturated carbocycles. The third kappa shape index (κ3) is 3.17. The number of nitrogens with two attached hydrogens (primary N) is 1. The quantitative estimate of drug-likeness (QED) is 0.491. The Bertz CT molecular complexity index is 570. The zero-order valence-corrected chi connectivity index (χ0v) is 10.1. The first-order valence-electron chi connectivity index (χ1n) is 5.69. The van der Waals surface area contributed by atoms with Crippen LogP contribution < -0.4 is 11.2 Å². The fraction of sp³-hybridized carbons (Fsp3) is 0. The molecule has 0 saturated heterocycles. The maximum atomic E-state index is 11.9. The van der Waals surface area contributed by atoms with Crippen molar-refractivity contribution in [1.82, 2.24) is 5.01 Å². The Hall–Kier alpha value is -2.66. The first-order chi connectivity index (χ1) is 9.18. The maximum Gasteiger partial charge on any atom is 0.343 e. The summed E-state index contributed by atoms with van der Waals surface area (Å²) in [5.41, 5.74) is 0.928. The highest BCUT2D eigenvalue weighted by atomic mass is 16.2. The normalized spacial score (nSPS) is 9.74. The van der Waals surface area contributed by atoms with Crippen LogP contribution in [0.2, 0.25) is 0 Å². The van der Waals surface area contributed by atoms with Gasteiger partial charge in [-0.1, -0.05) is 36.4 Å². The third-order valence-corrected chi connectivity index (χ3v) is 2.48. The smallest absolute Gasteiger partial charge is 0.306 e. The number of rotatable bonds is 2. The van der Waals surface area contributed by atoms with E-state index in [4.69, 9.17) is 5.84 Å². The molecular formula is C14H13N3O2. The lowest BCUT2D eigenvalue weighted by atomic mass is 10.2. The van der Waals surface area contributed by atoms with Crippen molar-refractivity contribution in [2.75, 3.05) is 5.32 Å². The average Bonchev–Trinajstić information content (AvgIpc) is 2.47. The summed E-state index contributed by atoms with van der Waals surface area (Å²) in [4.78, 5) is 23.7. The molecule has 3 amide bonds. The van der Waals surface area contributed by atoms with Gasteiger partial charge in [0, 0.05) is 11.3 Å². The lowest BCUT2D eigenvalue weighted by molar-refractivity contribution is 0.0811. The molecule has 19 heavy (non-hydrogen) atoms. The lowest BCUT2D eigenvalue weighted by Crippen LogP contribution is -2.45.